The smallest absolute Gasteiger partial charge is 0.229 e. The van der Waals surface area contributed by atoms with Crippen LogP contribution in [0.4, 0.5) is 17.1 Å². The second kappa shape index (κ2) is 5.73. The summed E-state index contributed by atoms with van der Waals surface area (Å²) >= 11 is 5.91. The topological polar surface area (TPSA) is 58.2 Å². The fraction of sp³-hybridized carbons (Fsp3) is 0.143. The molecule has 2 N–H and O–H groups in total. The van der Waals surface area contributed by atoms with Crippen molar-refractivity contribution in [3.63, 3.8) is 0 Å². The molecule has 2 aromatic rings. The molecule has 0 fully saturated rings. The molecule has 2 rings (SSSR count). The van der Waals surface area contributed by atoms with E-state index in [2.05, 4.69) is 10.0 Å². The molecule has 0 aliphatic carbocycles. The lowest BCUT2D eigenvalue weighted by Gasteiger charge is -2.11. The van der Waals surface area contributed by atoms with Gasteiger partial charge < -0.3 is 5.32 Å². The maximum Gasteiger partial charge on any atom is 0.229 e. The third-order valence-electron chi connectivity index (χ3n) is 2.66. The van der Waals surface area contributed by atoms with Crippen LogP contribution >= 0.6 is 11.6 Å². The molecule has 0 aromatic heterocycles. The summed E-state index contributed by atoms with van der Waals surface area (Å²) in [6.45, 7) is 1.97. The predicted octanol–water partition coefficient (Wildman–Crippen LogP) is 3.76. The number of hydrogen-bond acceptors (Lipinski definition) is 3. The number of aryl methyl sites for hydroxylation is 1. The first kappa shape index (κ1) is 14.7. The maximum atomic E-state index is 11.1. The van der Waals surface area contributed by atoms with Crippen LogP contribution in [0.25, 0.3) is 0 Å². The molecule has 20 heavy (non-hydrogen) atoms. The van der Waals surface area contributed by atoms with E-state index >= 15 is 0 Å². The molecular weight excluding hydrogens is 296 g/mol. The van der Waals surface area contributed by atoms with Crippen LogP contribution in [-0.2, 0) is 10.0 Å². The first-order valence-electron chi connectivity index (χ1n) is 5.94. The zero-order chi connectivity index (χ0) is 14.8. The van der Waals surface area contributed by atoms with Gasteiger partial charge in [-0.1, -0.05) is 11.6 Å². The van der Waals surface area contributed by atoms with Crippen LogP contribution < -0.4 is 10.0 Å². The van der Waals surface area contributed by atoms with Crippen molar-refractivity contribution >= 4 is 38.7 Å². The first-order chi connectivity index (χ1) is 9.33. The molecule has 0 saturated heterocycles. The van der Waals surface area contributed by atoms with Crippen molar-refractivity contribution in [2.45, 2.75) is 6.92 Å². The van der Waals surface area contributed by atoms with E-state index in [9.17, 15) is 8.42 Å². The molecule has 0 heterocycles. The predicted molar refractivity (Wildman–Crippen MR) is 84.4 cm³/mol. The van der Waals surface area contributed by atoms with E-state index in [1.807, 2.05) is 37.3 Å². The van der Waals surface area contributed by atoms with E-state index in [-0.39, 0.29) is 0 Å². The first-order valence-corrected chi connectivity index (χ1v) is 8.21. The zero-order valence-corrected chi connectivity index (χ0v) is 12.7. The van der Waals surface area contributed by atoms with Crippen molar-refractivity contribution in [2.24, 2.45) is 0 Å². The molecule has 6 heteroatoms. The number of nitrogens with one attached hydrogen (secondary N) is 2. The van der Waals surface area contributed by atoms with Gasteiger partial charge >= 0.3 is 0 Å². The molecule has 0 amide bonds. The normalized spacial score (nSPS) is 11.2. The zero-order valence-electron chi connectivity index (χ0n) is 11.1. The van der Waals surface area contributed by atoms with Crippen molar-refractivity contribution in [1.82, 2.24) is 0 Å². The lowest BCUT2D eigenvalue weighted by atomic mass is 10.2. The van der Waals surface area contributed by atoms with Crippen LogP contribution in [0.3, 0.4) is 0 Å². The van der Waals surface area contributed by atoms with Gasteiger partial charge in [-0.2, -0.15) is 0 Å². The molecule has 0 unspecified atom stereocenters. The van der Waals surface area contributed by atoms with Crippen molar-refractivity contribution in [1.29, 1.82) is 0 Å². The molecule has 0 aliphatic rings. The number of benzene rings is 2. The summed E-state index contributed by atoms with van der Waals surface area (Å²) in [5, 5.41) is 3.95. The highest BCUT2D eigenvalue weighted by molar-refractivity contribution is 7.92. The Morgan fingerprint density at radius 2 is 1.60 bits per heavy atom. The molecule has 4 nitrogen and oxygen atoms in total. The molecule has 106 valence electrons. The van der Waals surface area contributed by atoms with Gasteiger partial charge in [0.15, 0.2) is 0 Å². The highest BCUT2D eigenvalue weighted by atomic mass is 35.5. The standard InChI is InChI=1S/C14H15ClN2O2S/c1-10-9-11(15)3-8-14(10)16-12-4-6-13(7-5-12)17-20(2,18)19/h3-9,16-17H,1-2H3. The number of sulfonamides is 1. The summed E-state index contributed by atoms with van der Waals surface area (Å²) in [6, 6.07) is 12.6. The molecule has 0 spiro atoms. The SMILES string of the molecule is Cc1cc(Cl)ccc1Nc1ccc(NS(C)(=O)=O)cc1. The summed E-state index contributed by atoms with van der Waals surface area (Å²) < 4.78 is 24.6. The second-order valence-electron chi connectivity index (χ2n) is 4.54. The van der Waals surface area contributed by atoms with Gasteiger partial charge in [0.05, 0.1) is 6.26 Å². The van der Waals surface area contributed by atoms with Crippen molar-refractivity contribution in [3.05, 3.63) is 53.1 Å². The number of anilines is 3. The van der Waals surface area contributed by atoms with Crippen LogP contribution in [0.5, 0.6) is 0 Å². The molecule has 0 aliphatic heterocycles. The Labute approximate surface area is 123 Å². The quantitative estimate of drug-likeness (QED) is 0.904. The van der Waals surface area contributed by atoms with Crippen LogP contribution in [0.2, 0.25) is 5.02 Å². The maximum absolute atomic E-state index is 11.1. The van der Waals surface area contributed by atoms with Gasteiger partial charge in [-0.25, -0.2) is 8.42 Å². The van der Waals surface area contributed by atoms with Crippen molar-refractivity contribution in [2.75, 3.05) is 16.3 Å². The molecule has 0 saturated carbocycles. The summed E-state index contributed by atoms with van der Waals surface area (Å²) in [6.07, 6.45) is 1.12. The lowest BCUT2D eigenvalue weighted by Crippen LogP contribution is -2.09. The third-order valence-corrected chi connectivity index (χ3v) is 3.50. The summed E-state index contributed by atoms with van der Waals surface area (Å²) in [7, 11) is -3.25. The van der Waals surface area contributed by atoms with Crippen LogP contribution in [-0.4, -0.2) is 14.7 Å². The van der Waals surface area contributed by atoms with Crippen molar-refractivity contribution < 1.29 is 8.42 Å². The van der Waals surface area contributed by atoms with E-state index in [0.29, 0.717) is 10.7 Å². The lowest BCUT2D eigenvalue weighted by molar-refractivity contribution is 0.607. The highest BCUT2D eigenvalue weighted by Crippen LogP contribution is 2.24. The number of rotatable bonds is 4. The fourth-order valence-corrected chi connectivity index (χ4v) is 2.55. The molecule has 0 bridgehead atoms. The van der Waals surface area contributed by atoms with E-state index < -0.39 is 10.0 Å². The van der Waals surface area contributed by atoms with Crippen LogP contribution in [0.1, 0.15) is 5.56 Å². The summed E-state index contributed by atoms with van der Waals surface area (Å²) in [5.41, 5.74) is 3.40. The van der Waals surface area contributed by atoms with Gasteiger partial charge in [0, 0.05) is 22.1 Å². The molecule has 2 aromatic carbocycles. The largest absolute Gasteiger partial charge is 0.355 e. The second-order valence-corrected chi connectivity index (χ2v) is 6.72. The Morgan fingerprint density at radius 3 is 2.15 bits per heavy atom. The number of halogens is 1. The molecule has 0 radical (unpaired) electrons. The molecular formula is C14H15ClN2O2S. The average Bonchev–Trinajstić information content (AvgIpc) is 2.33. The molecule has 0 atom stereocenters. The summed E-state index contributed by atoms with van der Waals surface area (Å²) in [4.78, 5) is 0. The van der Waals surface area contributed by atoms with Gasteiger partial charge in [0.2, 0.25) is 10.0 Å². The van der Waals surface area contributed by atoms with Crippen LogP contribution in [0.15, 0.2) is 42.5 Å². The van der Waals surface area contributed by atoms with Crippen molar-refractivity contribution in [3.8, 4) is 0 Å². The minimum Gasteiger partial charge on any atom is -0.355 e. The Kier molecular flexibility index (Phi) is 4.20. The fourth-order valence-electron chi connectivity index (χ4n) is 1.76. The third kappa shape index (κ3) is 4.15. The Morgan fingerprint density at radius 1 is 1.00 bits per heavy atom. The van der Waals surface area contributed by atoms with E-state index in [0.717, 1.165) is 23.2 Å². The Hall–Kier alpha value is -1.72. The van der Waals surface area contributed by atoms with Gasteiger partial charge in [-0.15, -0.1) is 0 Å². The van der Waals surface area contributed by atoms with Crippen LogP contribution in [0, 0.1) is 6.92 Å². The van der Waals surface area contributed by atoms with E-state index in [1.54, 1.807) is 12.1 Å². The summed E-state index contributed by atoms with van der Waals surface area (Å²) in [5.74, 6) is 0. The van der Waals surface area contributed by atoms with Gasteiger partial charge in [-0.05, 0) is 55.0 Å². The number of hydrogen-bond donors (Lipinski definition) is 2. The van der Waals surface area contributed by atoms with Gasteiger partial charge in [-0.3, -0.25) is 4.72 Å². The minimum absolute atomic E-state index is 0.533. The van der Waals surface area contributed by atoms with Gasteiger partial charge in [0.25, 0.3) is 0 Å². The monoisotopic (exact) mass is 310 g/mol. The van der Waals surface area contributed by atoms with E-state index in [1.165, 1.54) is 0 Å². The Balaban J connectivity index is 2.14. The average molecular weight is 311 g/mol. The Bertz CT molecular complexity index is 712. The highest BCUT2D eigenvalue weighted by Gasteiger charge is 2.03. The minimum atomic E-state index is -3.25. The van der Waals surface area contributed by atoms with E-state index in [4.69, 9.17) is 11.6 Å². The van der Waals surface area contributed by atoms with Gasteiger partial charge in [0.1, 0.15) is 0 Å².